The normalized spacial score (nSPS) is 15.7. The van der Waals surface area contributed by atoms with E-state index in [1.54, 1.807) is 20.8 Å². The Hall–Kier alpha value is -3.10. The highest BCUT2D eigenvalue weighted by molar-refractivity contribution is 5.86. The molecule has 0 unspecified atom stereocenters. The van der Waals surface area contributed by atoms with Gasteiger partial charge in [0.05, 0.1) is 6.42 Å². The zero-order valence-electron chi connectivity index (χ0n) is 19.0. The van der Waals surface area contributed by atoms with Crippen molar-refractivity contribution in [2.24, 2.45) is 0 Å². The smallest absolute Gasteiger partial charge is 0.410 e. The Labute approximate surface area is 188 Å². The number of carbonyl (C=O) groups is 4. The fraction of sp³-hybridized carbons (Fsp3) is 0.565. The summed E-state index contributed by atoms with van der Waals surface area (Å²) in [5.41, 5.74) is 0.264. The van der Waals surface area contributed by atoms with E-state index in [0.29, 0.717) is 13.0 Å². The van der Waals surface area contributed by atoms with Crippen LogP contribution in [0.2, 0.25) is 0 Å². The first-order valence-corrected chi connectivity index (χ1v) is 10.9. The minimum absolute atomic E-state index is 0.0673. The maximum absolute atomic E-state index is 12.4. The number of amides is 3. The molecular formula is C23H33N3O6. The van der Waals surface area contributed by atoms with E-state index in [0.717, 1.165) is 12.0 Å². The third-order valence-corrected chi connectivity index (χ3v) is 4.73. The highest BCUT2D eigenvalue weighted by atomic mass is 16.6. The van der Waals surface area contributed by atoms with Gasteiger partial charge in [0.2, 0.25) is 11.8 Å². The summed E-state index contributed by atoms with van der Waals surface area (Å²) in [5, 5.41) is 5.33. The standard InChI is InChI=1S/C23H33N3O6/c1-23(2,3)32-22(30)26-15-7-10-18(26)21(29)25-13-11-19(27)24-14-12-20(28)31-16-17-8-5-4-6-9-17/h4-6,8-9,18H,7,10-16H2,1-3H3,(H,24,27)(H,25,29)/t18-/m0/s1. The summed E-state index contributed by atoms with van der Waals surface area (Å²) >= 11 is 0. The molecule has 1 saturated heterocycles. The summed E-state index contributed by atoms with van der Waals surface area (Å²) in [6.07, 6.45) is 0.912. The van der Waals surface area contributed by atoms with Crippen molar-refractivity contribution < 1.29 is 28.7 Å². The van der Waals surface area contributed by atoms with Crippen LogP contribution in [-0.4, -0.2) is 60.1 Å². The van der Waals surface area contributed by atoms with Crippen LogP contribution in [0.1, 0.15) is 52.0 Å². The molecule has 0 bridgehead atoms. The number of nitrogens with one attached hydrogen (secondary N) is 2. The summed E-state index contributed by atoms with van der Waals surface area (Å²) in [4.78, 5) is 49.8. The fourth-order valence-corrected chi connectivity index (χ4v) is 3.20. The number of ether oxygens (including phenoxy) is 2. The molecule has 176 valence electrons. The van der Waals surface area contributed by atoms with E-state index in [-0.39, 0.29) is 44.4 Å². The lowest BCUT2D eigenvalue weighted by molar-refractivity contribution is -0.144. The van der Waals surface area contributed by atoms with Crippen molar-refractivity contribution in [3.63, 3.8) is 0 Å². The Morgan fingerprint density at radius 1 is 1.03 bits per heavy atom. The minimum Gasteiger partial charge on any atom is -0.461 e. The van der Waals surface area contributed by atoms with Gasteiger partial charge in [-0.05, 0) is 39.2 Å². The van der Waals surface area contributed by atoms with E-state index in [4.69, 9.17) is 9.47 Å². The zero-order chi connectivity index (χ0) is 23.6. The summed E-state index contributed by atoms with van der Waals surface area (Å²) < 4.78 is 10.5. The summed E-state index contributed by atoms with van der Waals surface area (Å²) in [6, 6.07) is 8.75. The minimum atomic E-state index is -0.632. The second-order valence-electron chi connectivity index (χ2n) is 8.62. The highest BCUT2D eigenvalue weighted by Gasteiger charge is 2.36. The number of nitrogens with zero attached hydrogens (tertiary/aromatic N) is 1. The van der Waals surface area contributed by atoms with E-state index in [9.17, 15) is 19.2 Å². The fourth-order valence-electron chi connectivity index (χ4n) is 3.20. The molecule has 0 radical (unpaired) electrons. The van der Waals surface area contributed by atoms with Crippen LogP contribution in [0.25, 0.3) is 0 Å². The van der Waals surface area contributed by atoms with E-state index < -0.39 is 23.7 Å². The number of hydrogen-bond acceptors (Lipinski definition) is 6. The number of benzene rings is 1. The van der Waals surface area contributed by atoms with Crippen LogP contribution in [0.4, 0.5) is 4.79 Å². The number of likely N-dealkylation sites (tertiary alicyclic amines) is 1. The molecule has 2 N–H and O–H groups in total. The van der Waals surface area contributed by atoms with Crippen LogP contribution in [-0.2, 0) is 30.5 Å². The first-order chi connectivity index (χ1) is 15.2. The Morgan fingerprint density at radius 3 is 2.41 bits per heavy atom. The van der Waals surface area contributed by atoms with Crippen molar-refractivity contribution in [2.75, 3.05) is 19.6 Å². The van der Waals surface area contributed by atoms with Crippen molar-refractivity contribution in [3.05, 3.63) is 35.9 Å². The molecule has 1 aromatic carbocycles. The average molecular weight is 448 g/mol. The first kappa shape index (κ1) is 25.2. The molecule has 1 aromatic rings. The van der Waals surface area contributed by atoms with Gasteiger partial charge in [-0.2, -0.15) is 0 Å². The molecular weight excluding hydrogens is 414 g/mol. The topological polar surface area (TPSA) is 114 Å². The predicted octanol–water partition coefficient (Wildman–Crippen LogP) is 2.14. The van der Waals surface area contributed by atoms with Gasteiger partial charge in [-0.25, -0.2) is 4.79 Å². The second-order valence-corrected chi connectivity index (χ2v) is 8.62. The van der Waals surface area contributed by atoms with Crippen molar-refractivity contribution >= 4 is 23.9 Å². The molecule has 0 aromatic heterocycles. The van der Waals surface area contributed by atoms with Gasteiger partial charge in [-0.1, -0.05) is 30.3 Å². The molecule has 0 saturated carbocycles. The van der Waals surface area contributed by atoms with Gasteiger partial charge in [-0.3, -0.25) is 19.3 Å². The largest absolute Gasteiger partial charge is 0.461 e. The molecule has 0 spiro atoms. The van der Waals surface area contributed by atoms with Crippen LogP contribution in [0, 0.1) is 0 Å². The summed E-state index contributed by atoms with van der Waals surface area (Å²) in [6.45, 7) is 6.29. The number of rotatable bonds is 9. The van der Waals surface area contributed by atoms with Crippen molar-refractivity contribution in [3.8, 4) is 0 Å². The van der Waals surface area contributed by atoms with Crippen molar-refractivity contribution in [1.82, 2.24) is 15.5 Å². The molecule has 0 aliphatic carbocycles. The van der Waals surface area contributed by atoms with Crippen LogP contribution < -0.4 is 10.6 Å². The van der Waals surface area contributed by atoms with Crippen LogP contribution in [0.5, 0.6) is 0 Å². The van der Waals surface area contributed by atoms with E-state index in [1.165, 1.54) is 4.90 Å². The molecule has 1 aliphatic rings. The number of esters is 1. The van der Waals surface area contributed by atoms with E-state index >= 15 is 0 Å². The van der Waals surface area contributed by atoms with Gasteiger partial charge in [0.15, 0.2) is 0 Å². The van der Waals surface area contributed by atoms with Crippen molar-refractivity contribution in [2.45, 2.75) is 64.7 Å². The lowest BCUT2D eigenvalue weighted by atomic mass is 10.2. The molecule has 1 atom stereocenters. The van der Waals surface area contributed by atoms with Gasteiger partial charge in [0, 0.05) is 26.1 Å². The lowest BCUT2D eigenvalue weighted by Gasteiger charge is -2.28. The maximum Gasteiger partial charge on any atom is 0.410 e. The quantitative estimate of drug-likeness (QED) is 0.561. The second kappa shape index (κ2) is 12.1. The number of carbonyl (C=O) groups excluding carboxylic acids is 4. The molecule has 1 aliphatic heterocycles. The molecule has 9 heteroatoms. The molecule has 9 nitrogen and oxygen atoms in total. The molecule has 32 heavy (non-hydrogen) atoms. The Balaban J connectivity index is 1.61. The highest BCUT2D eigenvalue weighted by Crippen LogP contribution is 2.20. The predicted molar refractivity (Wildman–Crippen MR) is 117 cm³/mol. The van der Waals surface area contributed by atoms with E-state index in [2.05, 4.69) is 10.6 Å². The Bertz CT molecular complexity index is 791. The van der Waals surface area contributed by atoms with Gasteiger partial charge >= 0.3 is 12.1 Å². The van der Waals surface area contributed by atoms with Crippen LogP contribution >= 0.6 is 0 Å². The lowest BCUT2D eigenvalue weighted by Crippen LogP contribution is -2.48. The van der Waals surface area contributed by atoms with Gasteiger partial charge in [-0.15, -0.1) is 0 Å². The molecule has 1 heterocycles. The SMILES string of the molecule is CC(C)(C)OC(=O)N1CCC[C@H]1C(=O)NCCC(=O)NCCC(=O)OCc1ccccc1. The van der Waals surface area contributed by atoms with Gasteiger partial charge in [0.1, 0.15) is 18.2 Å². The van der Waals surface area contributed by atoms with Crippen LogP contribution in [0.15, 0.2) is 30.3 Å². The Morgan fingerprint density at radius 2 is 1.72 bits per heavy atom. The van der Waals surface area contributed by atoms with Gasteiger partial charge < -0.3 is 20.1 Å². The first-order valence-electron chi connectivity index (χ1n) is 10.9. The van der Waals surface area contributed by atoms with Gasteiger partial charge in [0.25, 0.3) is 0 Å². The average Bonchev–Trinajstić information content (AvgIpc) is 3.22. The van der Waals surface area contributed by atoms with E-state index in [1.807, 2.05) is 30.3 Å². The molecule has 2 rings (SSSR count). The monoisotopic (exact) mass is 447 g/mol. The Kier molecular flexibility index (Phi) is 9.49. The summed E-state index contributed by atoms with van der Waals surface area (Å²) in [5.74, 6) is -0.979. The molecule has 1 fully saturated rings. The number of hydrogen-bond donors (Lipinski definition) is 2. The zero-order valence-corrected chi connectivity index (χ0v) is 19.0. The van der Waals surface area contributed by atoms with Crippen LogP contribution in [0.3, 0.4) is 0 Å². The molecule has 3 amide bonds. The third kappa shape index (κ3) is 8.95. The summed E-state index contributed by atoms with van der Waals surface area (Å²) in [7, 11) is 0. The maximum atomic E-state index is 12.4. The van der Waals surface area contributed by atoms with Crippen molar-refractivity contribution in [1.29, 1.82) is 0 Å². The third-order valence-electron chi connectivity index (χ3n) is 4.73.